The summed E-state index contributed by atoms with van der Waals surface area (Å²) in [6, 6.07) is 11.4. The van der Waals surface area contributed by atoms with Crippen molar-refractivity contribution in [3.8, 4) is 0 Å². The van der Waals surface area contributed by atoms with E-state index in [0.29, 0.717) is 12.0 Å². The minimum atomic E-state index is 0.511. The first-order chi connectivity index (χ1) is 10.3. The fraction of sp³-hybridized carbons (Fsp3) is 0.471. The Kier molecular flexibility index (Phi) is 4.88. The van der Waals surface area contributed by atoms with Gasteiger partial charge in [0, 0.05) is 48.9 Å². The summed E-state index contributed by atoms with van der Waals surface area (Å²) in [7, 11) is 0. The second kappa shape index (κ2) is 7.05. The Morgan fingerprint density at radius 3 is 2.71 bits per heavy atom. The van der Waals surface area contributed by atoms with E-state index in [1.165, 1.54) is 23.5 Å². The normalized spacial score (nSPS) is 17.9. The smallest absolute Gasteiger partial charge is 0.0965 e. The van der Waals surface area contributed by atoms with E-state index >= 15 is 0 Å². The van der Waals surface area contributed by atoms with Crippen LogP contribution in [0.25, 0.3) is 0 Å². The third-order valence-electron chi connectivity index (χ3n) is 4.20. The molecule has 1 aromatic carbocycles. The number of anilines is 1. The van der Waals surface area contributed by atoms with Crippen LogP contribution < -0.4 is 10.2 Å². The van der Waals surface area contributed by atoms with Crippen LogP contribution in [0.15, 0.2) is 41.9 Å². The number of thiazole rings is 1. The molecule has 1 aliphatic heterocycles. The van der Waals surface area contributed by atoms with E-state index < -0.39 is 0 Å². The van der Waals surface area contributed by atoms with Crippen molar-refractivity contribution in [2.45, 2.75) is 31.7 Å². The molecule has 0 spiro atoms. The van der Waals surface area contributed by atoms with Gasteiger partial charge in [0.1, 0.15) is 0 Å². The average Bonchev–Trinajstić information content (AvgIpc) is 3.08. The molecule has 1 unspecified atom stereocenters. The lowest BCUT2D eigenvalue weighted by atomic mass is 10.0. The molecule has 0 amide bonds. The molecule has 112 valence electrons. The van der Waals surface area contributed by atoms with Crippen LogP contribution in [0.4, 0.5) is 5.69 Å². The van der Waals surface area contributed by atoms with Crippen molar-refractivity contribution >= 4 is 17.0 Å². The Morgan fingerprint density at radius 1 is 1.29 bits per heavy atom. The van der Waals surface area contributed by atoms with Gasteiger partial charge in [0.15, 0.2) is 0 Å². The highest BCUT2D eigenvalue weighted by molar-refractivity contribution is 7.09. The van der Waals surface area contributed by atoms with Crippen LogP contribution in [0.3, 0.4) is 0 Å². The molecule has 1 atom stereocenters. The molecule has 1 fully saturated rings. The van der Waals surface area contributed by atoms with Gasteiger partial charge in [-0.15, -0.1) is 11.3 Å². The highest BCUT2D eigenvalue weighted by Crippen LogP contribution is 2.21. The maximum absolute atomic E-state index is 4.40. The summed E-state index contributed by atoms with van der Waals surface area (Å²) in [6.45, 7) is 5.58. The molecule has 3 rings (SSSR count). The van der Waals surface area contributed by atoms with Crippen molar-refractivity contribution in [1.82, 2.24) is 10.3 Å². The standard InChI is InChI=1S/C17H23N3S/c1-14(17-18-9-12-21-17)13-19-15-7-10-20(11-8-15)16-5-3-2-4-6-16/h2-6,9,12,14-15,19H,7-8,10-11,13H2,1H3. The second-order valence-corrected chi connectivity index (χ2v) is 6.70. The molecular formula is C17H23N3S. The zero-order valence-corrected chi connectivity index (χ0v) is 13.4. The highest BCUT2D eigenvalue weighted by atomic mass is 32.1. The molecule has 2 heterocycles. The van der Waals surface area contributed by atoms with Gasteiger partial charge in [-0.1, -0.05) is 25.1 Å². The van der Waals surface area contributed by atoms with Crippen LogP contribution in [-0.4, -0.2) is 30.7 Å². The second-order valence-electron chi connectivity index (χ2n) is 5.78. The summed E-state index contributed by atoms with van der Waals surface area (Å²) in [5, 5.41) is 7.02. The van der Waals surface area contributed by atoms with Crippen molar-refractivity contribution < 1.29 is 0 Å². The van der Waals surface area contributed by atoms with Crippen molar-refractivity contribution in [1.29, 1.82) is 0 Å². The van der Waals surface area contributed by atoms with Gasteiger partial charge in [0.2, 0.25) is 0 Å². The van der Waals surface area contributed by atoms with Gasteiger partial charge in [0.05, 0.1) is 5.01 Å². The molecule has 0 aliphatic carbocycles. The SMILES string of the molecule is CC(CNC1CCN(c2ccccc2)CC1)c1nccs1. The molecule has 1 saturated heterocycles. The summed E-state index contributed by atoms with van der Waals surface area (Å²) in [5.74, 6) is 0.511. The molecule has 3 nitrogen and oxygen atoms in total. The van der Waals surface area contributed by atoms with Crippen LogP contribution in [0.2, 0.25) is 0 Å². The molecule has 4 heteroatoms. The summed E-state index contributed by atoms with van der Waals surface area (Å²) >= 11 is 1.76. The Balaban J connectivity index is 1.44. The van der Waals surface area contributed by atoms with Crippen LogP contribution >= 0.6 is 11.3 Å². The number of hydrogen-bond donors (Lipinski definition) is 1. The predicted octanol–water partition coefficient (Wildman–Crippen LogP) is 3.51. The third-order valence-corrected chi connectivity index (χ3v) is 5.21. The van der Waals surface area contributed by atoms with E-state index in [1.807, 2.05) is 6.20 Å². The molecule has 2 aromatic rings. The van der Waals surface area contributed by atoms with Crippen LogP contribution in [-0.2, 0) is 0 Å². The van der Waals surface area contributed by atoms with E-state index in [9.17, 15) is 0 Å². The largest absolute Gasteiger partial charge is 0.371 e. The third kappa shape index (κ3) is 3.83. The van der Waals surface area contributed by atoms with E-state index in [4.69, 9.17) is 0 Å². The Labute approximate surface area is 131 Å². The predicted molar refractivity (Wildman–Crippen MR) is 90.2 cm³/mol. The lowest BCUT2D eigenvalue weighted by Crippen LogP contribution is -2.43. The Morgan fingerprint density at radius 2 is 2.05 bits per heavy atom. The summed E-state index contributed by atoms with van der Waals surface area (Å²) < 4.78 is 0. The minimum absolute atomic E-state index is 0.511. The summed E-state index contributed by atoms with van der Waals surface area (Å²) in [6.07, 6.45) is 4.34. The average molecular weight is 301 g/mol. The van der Waals surface area contributed by atoms with Crippen molar-refractivity contribution in [3.05, 3.63) is 46.9 Å². The number of nitrogens with one attached hydrogen (secondary N) is 1. The molecule has 1 aromatic heterocycles. The van der Waals surface area contributed by atoms with Crippen molar-refractivity contribution in [2.75, 3.05) is 24.5 Å². The molecular weight excluding hydrogens is 278 g/mol. The highest BCUT2D eigenvalue weighted by Gasteiger charge is 2.19. The number of rotatable bonds is 5. The quantitative estimate of drug-likeness (QED) is 0.916. The fourth-order valence-corrected chi connectivity index (χ4v) is 3.59. The maximum Gasteiger partial charge on any atom is 0.0965 e. The number of nitrogens with zero attached hydrogens (tertiary/aromatic N) is 2. The number of benzene rings is 1. The van der Waals surface area contributed by atoms with Crippen molar-refractivity contribution in [2.24, 2.45) is 0 Å². The van der Waals surface area contributed by atoms with E-state index in [0.717, 1.165) is 19.6 Å². The molecule has 1 aliphatic rings. The fourth-order valence-electron chi connectivity index (χ4n) is 2.89. The Hall–Kier alpha value is -1.39. The van der Waals surface area contributed by atoms with Crippen LogP contribution in [0.5, 0.6) is 0 Å². The molecule has 0 bridgehead atoms. The van der Waals surface area contributed by atoms with E-state index in [1.54, 1.807) is 11.3 Å². The van der Waals surface area contributed by atoms with Gasteiger partial charge in [-0.05, 0) is 25.0 Å². The Bertz CT molecular complexity index is 518. The zero-order chi connectivity index (χ0) is 14.5. The molecule has 0 saturated carbocycles. The molecule has 0 radical (unpaired) electrons. The first-order valence-corrected chi connectivity index (χ1v) is 8.63. The van der Waals surface area contributed by atoms with Crippen LogP contribution in [0, 0.1) is 0 Å². The van der Waals surface area contributed by atoms with Crippen LogP contribution in [0.1, 0.15) is 30.7 Å². The van der Waals surface area contributed by atoms with Crippen molar-refractivity contribution in [3.63, 3.8) is 0 Å². The van der Waals surface area contributed by atoms with E-state index in [2.05, 4.69) is 57.8 Å². The molecule has 1 N–H and O–H groups in total. The number of piperidine rings is 1. The van der Waals surface area contributed by atoms with Gasteiger partial charge < -0.3 is 10.2 Å². The van der Waals surface area contributed by atoms with E-state index in [-0.39, 0.29) is 0 Å². The number of para-hydroxylation sites is 1. The first kappa shape index (κ1) is 14.5. The number of hydrogen-bond acceptors (Lipinski definition) is 4. The van der Waals surface area contributed by atoms with Gasteiger partial charge in [-0.2, -0.15) is 0 Å². The monoisotopic (exact) mass is 301 g/mol. The lowest BCUT2D eigenvalue weighted by Gasteiger charge is -2.34. The topological polar surface area (TPSA) is 28.2 Å². The summed E-state index contributed by atoms with van der Waals surface area (Å²) in [5.41, 5.74) is 1.35. The minimum Gasteiger partial charge on any atom is -0.371 e. The van der Waals surface area contributed by atoms with Gasteiger partial charge in [-0.25, -0.2) is 4.98 Å². The molecule has 21 heavy (non-hydrogen) atoms. The van der Waals surface area contributed by atoms with Gasteiger partial charge in [0.25, 0.3) is 0 Å². The number of aromatic nitrogens is 1. The van der Waals surface area contributed by atoms with Gasteiger partial charge in [-0.3, -0.25) is 0 Å². The van der Waals surface area contributed by atoms with Gasteiger partial charge >= 0.3 is 0 Å². The first-order valence-electron chi connectivity index (χ1n) is 7.75. The lowest BCUT2D eigenvalue weighted by molar-refractivity contribution is 0.406. The summed E-state index contributed by atoms with van der Waals surface area (Å²) in [4.78, 5) is 6.89. The maximum atomic E-state index is 4.40. The zero-order valence-electron chi connectivity index (χ0n) is 12.5.